The van der Waals surface area contributed by atoms with E-state index in [4.69, 9.17) is 11.6 Å². The van der Waals surface area contributed by atoms with Crippen LogP contribution < -0.4 is 5.32 Å². The number of aliphatic hydroxyl groups is 1. The molecular formula is C10H9ClF3NO. The second-order valence-corrected chi connectivity index (χ2v) is 4.10. The Morgan fingerprint density at radius 2 is 2.06 bits per heavy atom. The second-order valence-electron chi connectivity index (χ2n) is 3.70. The quantitative estimate of drug-likeness (QED) is 0.743. The molecule has 0 saturated carbocycles. The Morgan fingerprint density at radius 1 is 1.38 bits per heavy atom. The highest BCUT2D eigenvalue weighted by atomic mass is 35.5. The van der Waals surface area contributed by atoms with Crippen LogP contribution in [-0.2, 0) is 5.60 Å². The van der Waals surface area contributed by atoms with Crippen LogP contribution in [0.1, 0.15) is 12.0 Å². The minimum atomic E-state index is -4.70. The lowest BCUT2D eigenvalue weighted by Crippen LogP contribution is -2.46. The highest BCUT2D eigenvalue weighted by Gasteiger charge is 2.56. The highest BCUT2D eigenvalue weighted by molar-refractivity contribution is 6.33. The van der Waals surface area contributed by atoms with E-state index in [1.807, 2.05) is 0 Å². The first kappa shape index (κ1) is 11.5. The fraction of sp³-hybridized carbons (Fsp3) is 0.400. The van der Waals surface area contributed by atoms with E-state index in [2.05, 4.69) is 5.32 Å². The molecule has 2 N–H and O–H groups in total. The van der Waals surface area contributed by atoms with Crippen molar-refractivity contribution in [3.8, 4) is 0 Å². The molecule has 0 spiro atoms. The number of fused-ring (bicyclic) bond motifs is 1. The van der Waals surface area contributed by atoms with Gasteiger partial charge in [-0.25, -0.2) is 0 Å². The zero-order chi connectivity index (χ0) is 12.0. The van der Waals surface area contributed by atoms with Crippen molar-refractivity contribution in [2.45, 2.75) is 18.2 Å². The molecule has 88 valence electrons. The Balaban J connectivity index is 2.61. The number of halogens is 4. The van der Waals surface area contributed by atoms with Gasteiger partial charge in [-0.15, -0.1) is 0 Å². The Kier molecular flexibility index (Phi) is 2.55. The summed E-state index contributed by atoms with van der Waals surface area (Å²) in [6.07, 6.45) is -5.11. The SMILES string of the molecule is OC1(C(F)(F)F)CCNc2c(Cl)cccc21. The summed E-state index contributed by atoms with van der Waals surface area (Å²) in [5.74, 6) is 0. The molecule has 2 nitrogen and oxygen atoms in total. The summed E-state index contributed by atoms with van der Waals surface area (Å²) in [7, 11) is 0. The van der Waals surface area contributed by atoms with Crippen LogP contribution >= 0.6 is 11.6 Å². The van der Waals surface area contributed by atoms with E-state index >= 15 is 0 Å². The molecule has 1 unspecified atom stereocenters. The number of para-hydroxylation sites is 1. The normalized spacial score (nSPS) is 24.8. The van der Waals surface area contributed by atoms with Crippen molar-refractivity contribution in [1.82, 2.24) is 0 Å². The molecule has 2 rings (SSSR count). The summed E-state index contributed by atoms with van der Waals surface area (Å²) in [6, 6.07) is 4.11. The lowest BCUT2D eigenvalue weighted by atomic mass is 9.85. The number of rotatable bonds is 0. The van der Waals surface area contributed by atoms with Crippen molar-refractivity contribution >= 4 is 17.3 Å². The number of benzene rings is 1. The molecule has 0 amide bonds. The predicted octanol–water partition coefficient (Wildman–Crippen LogP) is 2.91. The van der Waals surface area contributed by atoms with Crippen molar-refractivity contribution in [3.05, 3.63) is 28.8 Å². The fourth-order valence-electron chi connectivity index (χ4n) is 1.85. The van der Waals surface area contributed by atoms with Gasteiger partial charge in [0.15, 0.2) is 5.60 Å². The minimum absolute atomic E-state index is 0.0345. The Bertz CT molecular complexity index is 421. The van der Waals surface area contributed by atoms with Gasteiger partial charge < -0.3 is 10.4 Å². The van der Waals surface area contributed by atoms with Crippen LogP contribution in [0.3, 0.4) is 0 Å². The Morgan fingerprint density at radius 3 is 2.69 bits per heavy atom. The van der Waals surface area contributed by atoms with Gasteiger partial charge in [-0.1, -0.05) is 23.7 Å². The van der Waals surface area contributed by atoms with Crippen LogP contribution in [0, 0.1) is 0 Å². The van der Waals surface area contributed by atoms with Gasteiger partial charge in [0.1, 0.15) is 0 Å². The second kappa shape index (κ2) is 3.53. The maximum atomic E-state index is 12.8. The molecule has 6 heteroatoms. The number of nitrogens with one attached hydrogen (secondary N) is 1. The summed E-state index contributed by atoms with van der Waals surface area (Å²) < 4.78 is 38.4. The van der Waals surface area contributed by atoms with E-state index in [0.29, 0.717) is 0 Å². The summed E-state index contributed by atoms with van der Waals surface area (Å²) in [5, 5.41) is 12.7. The van der Waals surface area contributed by atoms with E-state index in [0.717, 1.165) is 0 Å². The van der Waals surface area contributed by atoms with Crippen LogP contribution in [0.25, 0.3) is 0 Å². The molecule has 0 fully saturated rings. The zero-order valence-electron chi connectivity index (χ0n) is 8.11. The lowest BCUT2D eigenvalue weighted by Gasteiger charge is -2.36. The molecule has 0 radical (unpaired) electrons. The summed E-state index contributed by atoms with van der Waals surface area (Å²) in [4.78, 5) is 0. The largest absolute Gasteiger partial charge is 0.421 e. The van der Waals surface area contributed by atoms with Gasteiger partial charge in [0.05, 0.1) is 10.7 Å². The molecule has 0 aliphatic carbocycles. The molecule has 0 bridgehead atoms. The smallest absolute Gasteiger partial charge is 0.383 e. The Hall–Kier alpha value is -0.940. The van der Waals surface area contributed by atoms with Gasteiger partial charge in [0, 0.05) is 18.5 Å². The molecule has 0 saturated heterocycles. The van der Waals surface area contributed by atoms with E-state index in [1.165, 1.54) is 18.2 Å². The lowest BCUT2D eigenvalue weighted by molar-refractivity contribution is -0.268. The van der Waals surface area contributed by atoms with Crippen LogP contribution in [0.5, 0.6) is 0 Å². The van der Waals surface area contributed by atoms with Crippen molar-refractivity contribution in [2.24, 2.45) is 0 Å². The van der Waals surface area contributed by atoms with Crippen LogP contribution in [0.2, 0.25) is 5.02 Å². The maximum absolute atomic E-state index is 12.8. The van der Waals surface area contributed by atoms with Gasteiger partial charge in [0.2, 0.25) is 0 Å². The molecule has 0 aromatic heterocycles. The third-order valence-corrected chi connectivity index (χ3v) is 3.03. The Labute approximate surface area is 95.0 Å². The maximum Gasteiger partial charge on any atom is 0.421 e. The van der Waals surface area contributed by atoms with Crippen molar-refractivity contribution < 1.29 is 18.3 Å². The number of hydrogen-bond donors (Lipinski definition) is 2. The average Bonchev–Trinajstić information content (AvgIpc) is 2.18. The highest BCUT2D eigenvalue weighted by Crippen LogP contribution is 2.47. The first-order valence-electron chi connectivity index (χ1n) is 4.68. The van der Waals surface area contributed by atoms with Crippen LogP contribution in [0.15, 0.2) is 18.2 Å². The van der Waals surface area contributed by atoms with Gasteiger partial charge in [-0.2, -0.15) is 13.2 Å². The number of alkyl halides is 3. The van der Waals surface area contributed by atoms with Crippen LogP contribution in [0.4, 0.5) is 18.9 Å². The van der Waals surface area contributed by atoms with E-state index in [9.17, 15) is 18.3 Å². The van der Waals surface area contributed by atoms with Gasteiger partial charge >= 0.3 is 6.18 Å². The minimum Gasteiger partial charge on any atom is -0.383 e. The summed E-state index contributed by atoms with van der Waals surface area (Å²) >= 11 is 5.78. The van der Waals surface area contributed by atoms with Gasteiger partial charge in [-0.3, -0.25) is 0 Å². The topological polar surface area (TPSA) is 32.3 Å². The molecule has 1 heterocycles. The first-order chi connectivity index (χ1) is 7.36. The third-order valence-electron chi connectivity index (χ3n) is 2.72. The first-order valence-corrected chi connectivity index (χ1v) is 5.06. The predicted molar refractivity (Wildman–Crippen MR) is 54.5 cm³/mol. The van der Waals surface area contributed by atoms with Crippen LogP contribution in [-0.4, -0.2) is 17.8 Å². The van der Waals surface area contributed by atoms with Crippen molar-refractivity contribution in [1.29, 1.82) is 0 Å². The standard InChI is InChI=1S/C10H9ClF3NO/c11-7-3-1-2-6-8(7)15-5-4-9(6,16)10(12,13)14/h1-3,15-16H,4-5H2. The third kappa shape index (κ3) is 1.55. The number of hydrogen-bond acceptors (Lipinski definition) is 2. The van der Waals surface area contributed by atoms with Crippen molar-refractivity contribution in [3.63, 3.8) is 0 Å². The average molecular weight is 252 g/mol. The molecule has 1 aromatic carbocycles. The van der Waals surface area contributed by atoms with E-state index in [-0.39, 0.29) is 22.8 Å². The molecule has 1 atom stereocenters. The van der Waals surface area contributed by atoms with E-state index in [1.54, 1.807) is 0 Å². The monoisotopic (exact) mass is 251 g/mol. The number of anilines is 1. The van der Waals surface area contributed by atoms with E-state index < -0.39 is 18.2 Å². The summed E-state index contributed by atoms with van der Waals surface area (Å²) in [5.41, 5.74) is -2.85. The molecule has 1 aliphatic heterocycles. The van der Waals surface area contributed by atoms with Gasteiger partial charge in [-0.05, 0) is 6.07 Å². The molecule has 16 heavy (non-hydrogen) atoms. The molecular weight excluding hydrogens is 243 g/mol. The van der Waals surface area contributed by atoms with Gasteiger partial charge in [0.25, 0.3) is 0 Å². The molecule has 1 aliphatic rings. The summed E-state index contributed by atoms with van der Waals surface area (Å²) in [6.45, 7) is 0.0345. The zero-order valence-corrected chi connectivity index (χ0v) is 8.86. The molecule has 1 aromatic rings. The van der Waals surface area contributed by atoms with Crippen molar-refractivity contribution in [2.75, 3.05) is 11.9 Å². The fourth-order valence-corrected chi connectivity index (χ4v) is 2.09.